The van der Waals surface area contributed by atoms with Gasteiger partial charge in [-0.3, -0.25) is 4.79 Å². The van der Waals surface area contributed by atoms with Crippen LogP contribution in [0.4, 0.5) is 0 Å². The van der Waals surface area contributed by atoms with Crippen molar-refractivity contribution in [1.29, 1.82) is 0 Å². The summed E-state index contributed by atoms with van der Waals surface area (Å²) >= 11 is 3.95. The van der Waals surface area contributed by atoms with E-state index in [1.165, 1.54) is 0 Å². The smallest absolute Gasteiger partial charge is 0.232 e. The number of amides is 1. The van der Waals surface area contributed by atoms with Crippen LogP contribution < -0.4 is 5.32 Å². The van der Waals surface area contributed by atoms with E-state index in [1.54, 1.807) is 6.92 Å². The molecule has 14 heavy (non-hydrogen) atoms. The summed E-state index contributed by atoms with van der Waals surface area (Å²) in [6, 6.07) is 0. The average Bonchev–Trinajstić information content (AvgIpc) is 2.40. The van der Waals surface area contributed by atoms with Gasteiger partial charge in [0.15, 0.2) is 9.84 Å². The van der Waals surface area contributed by atoms with Gasteiger partial charge in [-0.2, -0.15) is 12.6 Å². The molecule has 1 saturated heterocycles. The second-order valence-electron chi connectivity index (χ2n) is 3.55. The molecule has 0 spiro atoms. The molecule has 1 amide bonds. The maximum absolute atomic E-state index is 11.4. The topological polar surface area (TPSA) is 63.2 Å². The largest absolute Gasteiger partial charge is 0.354 e. The van der Waals surface area contributed by atoms with Crippen LogP contribution >= 0.6 is 12.6 Å². The molecular formula is C8H15NO3S2. The lowest BCUT2D eigenvalue weighted by molar-refractivity contribution is -0.120. The van der Waals surface area contributed by atoms with Crippen molar-refractivity contribution in [3.05, 3.63) is 0 Å². The Bertz CT molecular complexity index is 311. The van der Waals surface area contributed by atoms with Gasteiger partial charge in [-0.05, 0) is 19.8 Å². The van der Waals surface area contributed by atoms with Crippen molar-refractivity contribution >= 4 is 28.4 Å². The molecule has 2 unspecified atom stereocenters. The lowest BCUT2D eigenvalue weighted by atomic mass is 10.2. The van der Waals surface area contributed by atoms with Crippen LogP contribution in [0.25, 0.3) is 0 Å². The van der Waals surface area contributed by atoms with Crippen molar-refractivity contribution in [3.8, 4) is 0 Å². The monoisotopic (exact) mass is 237 g/mol. The van der Waals surface area contributed by atoms with Crippen molar-refractivity contribution in [2.45, 2.75) is 30.3 Å². The first-order chi connectivity index (χ1) is 6.43. The Morgan fingerprint density at radius 3 is 2.71 bits per heavy atom. The normalized spacial score (nSPS) is 27.1. The molecule has 1 N–H and O–H groups in total. The summed E-state index contributed by atoms with van der Waals surface area (Å²) < 4.78 is 22.7. The Morgan fingerprint density at radius 1 is 1.64 bits per heavy atom. The van der Waals surface area contributed by atoms with E-state index in [2.05, 4.69) is 17.9 Å². The zero-order valence-electron chi connectivity index (χ0n) is 8.06. The van der Waals surface area contributed by atoms with Crippen LogP contribution in [0.15, 0.2) is 0 Å². The fourth-order valence-corrected chi connectivity index (χ4v) is 3.31. The highest BCUT2D eigenvalue weighted by Crippen LogP contribution is 2.18. The van der Waals surface area contributed by atoms with E-state index in [9.17, 15) is 13.2 Å². The minimum absolute atomic E-state index is 0.213. The fourth-order valence-electron chi connectivity index (χ4n) is 1.45. The molecule has 0 aliphatic carbocycles. The third-order valence-electron chi connectivity index (χ3n) is 2.35. The summed E-state index contributed by atoms with van der Waals surface area (Å²) in [6.45, 7) is 1.88. The van der Waals surface area contributed by atoms with Crippen LogP contribution in [0.3, 0.4) is 0 Å². The summed E-state index contributed by atoms with van der Waals surface area (Å²) in [5.74, 6) is 0.0414. The third-order valence-corrected chi connectivity index (χ3v) is 4.86. The Morgan fingerprint density at radius 2 is 2.29 bits per heavy atom. The SMILES string of the molecule is CC(S)C(=O)NCC1CCCS1(=O)=O. The highest BCUT2D eigenvalue weighted by Gasteiger charge is 2.31. The van der Waals surface area contributed by atoms with Crippen molar-refractivity contribution in [2.75, 3.05) is 12.3 Å². The van der Waals surface area contributed by atoms with Crippen molar-refractivity contribution in [2.24, 2.45) is 0 Å². The number of sulfone groups is 1. The third kappa shape index (κ3) is 2.88. The minimum Gasteiger partial charge on any atom is -0.354 e. The number of hydrogen-bond acceptors (Lipinski definition) is 4. The molecule has 1 fully saturated rings. The summed E-state index contributed by atoms with van der Waals surface area (Å²) in [6.07, 6.45) is 1.36. The van der Waals surface area contributed by atoms with Gasteiger partial charge in [0.05, 0.1) is 16.3 Å². The molecule has 0 aromatic carbocycles. The zero-order valence-corrected chi connectivity index (χ0v) is 9.77. The number of carbonyl (C=O) groups excluding carboxylic acids is 1. The lowest BCUT2D eigenvalue weighted by Gasteiger charge is -2.11. The predicted molar refractivity (Wildman–Crippen MR) is 58.3 cm³/mol. The van der Waals surface area contributed by atoms with Crippen LogP contribution in [0.5, 0.6) is 0 Å². The molecule has 1 rings (SSSR count). The summed E-state index contributed by atoms with van der Waals surface area (Å²) in [5, 5.41) is 1.81. The van der Waals surface area contributed by atoms with Gasteiger partial charge in [0.1, 0.15) is 0 Å². The molecule has 0 aromatic heterocycles. The van der Waals surface area contributed by atoms with Gasteiger partial charge >= 0.3 is 0 Å². The lowest BCUT2D eigenvalue weighted by Crippen LogP contribution is -2.37. The number of rotatable bonds is 3. The fraction of sp³-hybridized carbons (Fsp3) is 0.875. The summed E-state index contributed by atoms with van der Waals surface area (Å²) in [5.41, 5.74) is 0. The Hall–Kier alpha value is -0.230. The van der Waals surface area contributed by atoms with Crippen molar-refractivity contribution in [3.63, 3.8) is 0 Å². The van der Waals surface area contributed by atoms with Crippen LogP contribution in [0, 0.1) is 0 Å². The van der Waals surface area contributed by atoms with E-state index >= 15 is 0 Å². The number of thiol groups is 1. The van der Waals surface area contributed by atoms with Crippen molar-refractivity contribution < 1.29 is 13.2 Å². The molecule has 1 aliphatic heterocycles. The second kappa shape index (κ2) is 4.53. The molecule has 2 atom stereocenters. The van der Waals surface area contributed by atoms with Crippen LogP contribution in [-0.2, 0) is 14.6 Å². The predicted octanol–water partition coefficient (Wildman–Crippen LogP) is -0.00190. The van der Waals surface area contributed by atoms with E-state index in [0.717, 1.165) is 0 Å². The first-order valence-corrected chi connectivity index (χ1v) is 6.84. The van der Waals surface area contributed by atoms with Gasteiger partial charge in [-0.1, -0.05) is 0 Å². The molecule has 6 heteroatoms. The van der Waals surface area contributed by atoms with E-state index in [4.69, 9.17) is 0 Å². The Labute approximate surface area is 89.8 Å². The molecule has 82 valence electrons. The number of nitrogens with one attached hydrogen (secondary N) is 1. The molecule has 0 bridgehead atoms. The van der Waals surface area contributed by atoms with Gasteiger partial charge in [-0.15, -0.1) is 0 Å². The summed E-state index contributed by atoms with van der Waals surface area (Å²) in [7, 11) is -2.95. The van der Waals surface area contributed by atoms with E-state index < -0.39 is 15.1 Å². The maximum atomic E-state index is 11.4. The molecule has 4 nitrogen and oxygen atoms in total. The van der Waals surface area contributed by atoms with E-state index in [1.807, 2.05) is 0 Å². The van der Waals surface area contributed by atoms with Crippen LogP contribution in [-0.4, -0.2) is 37.1 Å². The molecule has 0 radical (unpaired) electrons. The zero-order chi connectivity index (χ0) is 10.8. The van der Waals surface area contributed by atoms with Crippen LogP contribution in [0.2, 0.25) is 0 Å². The second-order valence-corrected chi connectivity index (χ2v) is 6.73. The highest BCUT2D eigenvalue weighted by molar-refractivity contribution is 7.92. The van der Waals surface area contributed by atoms with Crippen molar-refractivity contribution in [1.82, 2.24) is 5.32 Å². The van der Waals surface area contributed by atoms with Gasteiger partial charge in [0.2, 0.25) is 5.91 Å². The quantitative estimate of drug-likeness (QED) is 0.679. The summed E-state index contributed by atoms with van der Waals surface area (Å²) in [4.78, 5) is 11.1. The van der Waals surface area contributed by atoms with E-state index in [0.29, 0.717) is 12.8 Å². The number of hydrogen-bond donors (Lipinski definition) is 2. The van der Waals surface area contributed by atoms with Gasteiger partial charge in [0.25, 0.3) is 0 Å². The molecule has 0 aromatic rings. The van der Waals surface area contributed by atoms with E-state index in [-0.39, 0.29) is 23.5 Å². The van der Waals surface area contributed by atoms with Gasteiger partial charge in [-0.25, -0.2) is 8.42 Å². The van der Waals surface area contributed by atoms with Crippen LogP contribution in [0.1, 0.15) is 19.8 Å². The maximum Gasteiger partial charge on any atom is 0.232 e. The standard InChI is InChI=1S/C8H15NO3S2/c1-6(13)8(10)9-5-7-3-2-4-14(7,11)12/h6-7,13H,2-5H2,1H3,(H,9,10). The first-order valence-electron chi connectivity index (χ1n) is 4.61. The highest BCUT2D eigenvalue weighted by atomic mass is 32.2. The molecule has 1 aliphatic rings. The van der Waals surface area contributed by atoms with Gasteiger partial charge < -0.3 is 5.32 Å². The average molecular weight is 237 g/mol. The van der Waals surface area contributed by atoms with Gasteiger partial charge in [0, 0.05) is 6.54 Å². The minimum atomic E-state index is -2.95. The molecule has 0 saturated carbocycles. The Kier molecular flexibility index (Phi) is 3.83. The molecule has 1 heterocycles. The first kappa shape index (κ1) is 11.8. The Balaban J connectivity index is 2.43. The molecular weight excluding hydrogens is 222 g/mol. The number of carbonyl (C=O) groups is 1.